The molecule has 0 atom stereocenters. The van der Waals surface area contributed by atoms with Crippen molar-refractivity contribution in [2.75, 3.05) is 20.7 Å². The fourth-order valence-electron chi connectivity index (χ4n) is 1.12. The second-order valence-corrected chi connectivity index (χ2v) is 3.11. The van der Waals surface area contributed by atoms with Crippen LogP contribution in [0.1, 0.15) is 11.1 Å². The largest absolute Gasteiger partial charge is 0.481 e. The van der Waals surface area contributed by atoms with Crippen molar-refractivity contribution in [3.8, 4) is 17.7 Å². The number of methoxy groups -OCH3 is 1. The fourth-order valence-corrected chi connectivity index (χ4v) is 1.12. The van der Waals surface area contributed by atoms with Crippen molar-refractivity contribution in [2.45, 2.75) is 6.18 Å². The van der Waals surface area contributed by atoms with E-state index in [1.54, 1.807) is 7.05 Å². The average molecular weight is 244 g/mol. The van der Waals surface area contributed by atoms with Gasteiger partial charge in [-0.05, 0) is 13.1 Å². The second-order valence-electron chi connectivity index (χ2n) is 3.11. The molecule has 0 radical (unpaired) electrons. The lowest BCUT2D eigenvalue weighted by Gasteiger charge is -2.10. The van der Waals surface area contributed by atoms with Crippen LogP contribution in [0.2, 0.25) is 0 Å². The number of hydrogen-bond acceptors (Lipinski definition) is 3. The summed E-state index contributed by atoms with van der Waals surface area (Å²) >= 11 is 0. The van der Waals surface area contributed by atoms with E-state index in [2.05, 4.69) is 26.9 Å². The van der Waals surface area contributed by atoms with Gasteiger partial charge in [-0.1, -0.05) is 11.8 Å². The van der Waals surface area contributed by atoms with E-state index in [-0.39, 0.29) is 5.56 Å². The van der Waals surface area contributed by atoms with Gasteiger partial charge in [-0.25, -0.2) is 4.98 Å². The molecule has 0 spiro atoms. The van der Waals surface area contributed by atoms with E-state index in [4.69, 9.17) is 0 Å². The Kier molecular flexibility index (Phi) is 4.35. The van der Waals surface area contributed by atoms with Crippen molar-refractivity contribution in [1.29, 1.82) is 0 Å². The highest BCUT2D eigenvalue weighted by Crippen LogP contribution is 2.35. The third kappa shape index (κ3) is 3.64. The third-order valence-electron chi connectivity index (χ3n) is 1.85. The van der Waals surface area contributed by atoms with Crippen LogP contribution in [0, 0.1) is 11.8 Å². The number of alkyl halides is 3. The smallest absolute Gasteiger partial charge is 0.421 e. The third-order valence-corrected chi connectivity index (χ3v) is 1.85. The summed E-state index contributed by atoms with van der Waals surface area (Å²) in [5.41, 5.74) is -0.718. The molecule has 92 valence electrons. The van der Waals surface area contributed by atoms with Gasteiger partial charge in [0, 0.05) is 11.8 Å². The molecule has 1 aromatic rings. The zero-order valence-electron chi connectivity index (χ0n) is 9.35. The van der Waals surface area contributed by atoms with Crippen LogP contribution in [-0.4, -0.2) is 25.7 Å². The highest BCUT2D eigenvalue weighted by Gasteiger charge is 2.35. The Morgan fingerprint density at radius 2 is 2.18 bits per heavy atom. The number of nitrogens with one attached hydrogen (secondary N) is 1. The minimum Gasteiger partial charge on any atom is -0.481 e. The first kappa shape index (κ1) is 13.3. The van der Waals surface area contributed by atoms with Crippen LogP contribution in [0.15, 0.2) is 12.3 Å². The SMILES string of the molecule is CNCC#Cc1cnc(OC)c(C(F)(F)F)c1. The number of pyridine rings is 1. The molecule has 0 fully saturated rings. The lowest BCUT2D eigenvalue weighted by molar-refractivity contribution is -0.139. The van der Waals surface area contributed by atoms with Crippen molar-refractivity contribution in [1.82, 2.24) is 10.3 Å². The van der Waals surface area contributed by atoms with E-state index < -0.39 is 17.6 Å². The molecule has 0 bridgehead atoms. The van der Waals surface area contributed by atoms with Crippen molar-refractivity contribution in [3.63, 3.8) is 0 Å². The topological polar surface area (TPSA) is 34.2 Å². The van der Waals surface area contributed by atoms with Gasteiger partial charge < -0.3 is 10.1 Å². The van der Waals surface area contributed by atoms with Gasteiger partial charge in [0.25, 0.3) is 0 Å². The van der Waals surface area contributed by atoms with Gasteiger partial charge in [0.1, 0.15) is 5.56 Å². The highest BCUT2D eigenvalue weighted by molar-refractivity contribution is 5.40. The molecule has 0 amide bonds. The van der Waals surface area contributed by atoms with Gasteiger partial charge in [-0.3, -0.25) is 0 Å². The standard InChI is InChI=1S/C11H11F3N2O/c1-15-5-3-4-8-6-9(11(12,13)14)10(17-2)16-7-8/h6-7,15H,5H2,1-2H3. The van der Waals surface area contributed by atoms with E-state index in [0.29, 0.717) is 6.54 Å². The minimum atomic E-state index is -4.50. The van der Waals surface area contributed by atoms with Crippen LogP contribution in [0.5, 0.6) is 5.88 Å². The Bertz CT molecular complexity index is 446. The molecule has 17 heavy (non-hydrogen) atoms. The molecule has 0 aliphatic heterocycles. The Morgan fingerprint density at radius 1 is 1.47 bits per heavy atom. The summed E-state index contributed by atoms with van der Waals surface area (Å²) in [5, 5.41) is 2.76. The predicted octanol–water partition coefficient (Wildman–Crippen LogP) is 1.68. The second kappa shape index (κ2) is 5.55. The molecular formula is C11H11F3N2O. The van der Waals surface area contributed by atoms with E-state index >= 15 is 0 Å². The average Bonchev–Trinajstić information content (AvgIpc) is 2.28. The van der Waals surface area contributed by atoms with Crippen molar-refractivity contribution >= 4 is 0 Å². The molecule has 1 heterocycles. The van der Waals surface area contributed by atoms with Crippen molar-refractivity contribution in [3.05, 3.63) is 23.4 Å². The number of rotatable bonds is 2. The summed E-state index contributed by atoms with van der Waals surface area (Å²) in [6.07, 6.45) is -3.25. The Labute approximate surface area is 97.0 Å². The van der Waals surface area contributed by atoms with E-state index in [9.17, 15) is 13.2 Å². The Balaban J connectivity index is 3.11. The maximum atomic E-state index is 12.6. The molecular weight excluding hydrogens is 233 g/mol. The van der Waals surface area contributed by atoms with Crippen LogP contribution in [0.3, 0.4) is 0 Å². The number of hydrogen-bond donors (Lipinski definition) is 1. The number of nitrogens with zero attached hydrogens (tertiary/aromatic N) is 1. The van der Waals surface area contributed by atoms with Gasteiger partial charge in [0.05, 0.1) is 13.7 Å². The predicted molar refractivity (Wildman–Crippen MR) is 56.6 cm³/mol. The summed E-state index contributed by atoms with van der Waals surface area (Å²) in [6, 6.07) is 0.925. The fraction of sp³-hybridized carbons (Fsp3) is 0.364. The van der Waals surface area contributed by atoms with Gasteiger partial charge >= 0.3 is 6.18 Å². The molecule has 1 aromatic heterocycles. The van der Waals surface area contributed by atoms with Gasteiger partial charge in [-0.2, -0.15) is 13.2 Å². The summed E-state index contributed by atoms with van der Waals surface area (Å²) in [7, 11) is 2.84. The molecule has 0 unspecified atom stereocenters. The number of aromatic nitrogens is 1. The minimum absolute atomic E-state index is 0.202. The summed E-state index contributed by atoms with van der Waals surface area (Å²) < 4.78 is 42.4. The van der Waals surface area contributed by atoms with Crippen LogP contribution in [-0.2, 0) is 6.18 Å². The van der Waals surface area contributed by atoms with Crippen molar-refractivity contribution < 1.29 is 17.9 Å². The van der Waals surface area contributed by atoms with Crippen LogP contribution >= 0.6 is 0 Å². The molecule has 6 heteroatoms. The van der Waals surface area contributed by atoms with Gasteiger partial charge in [-0.15, -0.1) is 0 Å². The summed E-state index contributed by atoms with van der Waals surface area (Å²) in [6.45, 7) is 0.396. The first-order valence-electron chi connectivity index (χ1n) is 4.73. The molecule has 1 rings (SSSR count). The van der Waals surface area contributed by atoms with E-state index in [0.717, 1.165) is 13.2 Å². The zero-order chi connectivity index (χ0) is 12.9. The molecule has 0 saturated heterocycles. The maximum absolute atomic E-state index is 12.6. The maximum Gasteiger partial charge on any atom is 0.421 e. The zero-order valence-corrected chi connectivity index (χ0v) is 9.35. The Hall–Kier alpha value is -1.74. The van der Waals surface area contributed by atoms with Crippen molar-refractivity contribution in [2.24, 2.45) is 0 Å². The lowest BCUT2D eigenvalue weighted by Crippen LogP contribution is -2.09. The number of ether oxygens (including phenoxy) is 1. The van der Waals surface area contributed by atoms with Crippen LogP contribution < -0.4 is 10.1 Å². The molecule has 0 aromatic carbocycles. The quantitative estimate of drug-likeness (QED) is 0.804. The molecule has 0 saturated carbocycles. The molecule has 0 aliphatic rings. The first-order chi connectivity index (χ1) is 7.99. The summed E-state index contributed by atoms with van der Waals surface area (Å²) in [5.74, 6) is 4.79. The first-order valence-corrected chi connectivity index (χ1v) is 4.73. The van der Waals surface area contributed by atoms with Gasteiger partial charge in [0.2, 0.25) is 5.88 Å². The highest BCUT2D eigenvalue weighted by atomic mass is 19.4. The normalized spacial score (nSPS) is 10.6. The van der Waals surface area contributed by atoms with Gasteiger partial charge in [0.15, 0.2) is 0 Å². The number of halogens is 3. The van der Waals surface area contributed by atoms with E-state index in [1.165, 1.54) is 6.20 Å². The molecule has 1 N–H and O–H groups in total. The van der Waals surface area contributed by atoms with Crippen LogP contribution in [0.4, 0.5) is 13.2 Å². The Morgan fingerprint density at radius 3 is 2.71 bits per heavy atom. The lowest BCUT2D eigenvalue weighted by atomic mass is 10.2. The summed E-state index contributed by atoms with van der Waals surface area (Å²) in [4.78, 5) is 3.58. The monoisotopic (exact) mass is 244 g/mol. The van der Waals surface area contributed by atoms with E-state index in [1.807, 2.05) is 0 Å². The molecule has 0 aliphatic carbocycles. The molecule has 3 nitrogen and oxygen atoms in total. The van der Waals surface area contributed by atoms with Crippen LogP contribution in [0.25, 0.3) is 0 Å².